The molecule has 0 bridgehead atoms. The number of sulfonamides is 1. The van der Waals surface area contributed by atoms with E-state index in [0.717, 1.165) is 28.7 Å². The van der Waals surface area contributed by atoms with Gasteiger partial charge in [-0.15, -0.1) is 4.41 Å². The second kappa shape index (κ2) is 7.82. The van der Waals surface area contributed by atoms with Crippen molar-refractivity contribution in [2.24, 2.45) is 0 Å². The van der Waals surface area contributed by atoms with Crippen LogP contribution >= 0.6 is 0 Å². The summed E-state index contributed by atoms with van der Waals surface area (Å²) in [6.45, 7) is 2.67. The average Bonchev–Trinajstić information content (AvgIpc) is 2.64. The third kappa shape index (κ3) is 4.07. The van der Waals surface area contributed by atoms with Gasteiger partial charge in [0.2, 0.25) is 0 Å². The summed E-state index contributed by atoms with van der Waals surface area (Å²) in [5.74, 6) is -0.748. The summed E-state index contributed by atoms with van der Waals surface area (Å²) in [5, 5.41) is 1.55. The van der Waals surface area contributed by atoms with Crippen molar-refractivity contribution in [1.29, 1.82) is 0 Å². The van der Waals surface area contributed by atoms with E-state index in [-0.39, 0.29) is 29.2 Å². The van der Waals surface area contributed by atoms with E-state index in [4.69, 9.17) is 9.47 Å². The lowest BCUT2D eigenvalue weighted by Gasteiger charge is -2.39. The van der Waals surface area contributed by atoms with E-state index in [1.807, 2.05) is 0 Å². The molecule has 1 aromatic rings. The monoisotopic (exact) mass is 420 g/mol. The summed E-state index contributed by atoms with van der Waals surface area (Å²) in [7, 11) is -4.08. The molecule has 0 atom stereocenters. The molecular formula is C17H19F3N2O5S. The number of esters is 1. The first-order valence-electron chi connectivity index (χ1n) is 8.59. The van der Waals surface area contributed by atoms with Crippen molar-refractivity contribution in [2.45, 2.75) is 18.0 Å². The Hall–Kier alpha value is -1.95. The van der Waals surface area contributed by atoms with Gasteiger partial charge in [0.15, 0.2) is 0 Å². The lowest BCUT2D eigenvalue weighted by molar-refractivity contribution is -0.138. The normalized spacial score (nSPS) is 22.1. The molecule has 0 saturated carbocycles. The van der Waals surface area contributed by atoms with Crippen molar-refractivity contribution in [2.75, 3.05) is 39.5 Å². The third-order valence-electron chi connectivity index (χ3n) is 4.40. The van der Waals surface area contributed by atoms with Crippen molar-refractivity contribution in [3.8, 4) is 0 Å². The van der Waals surface area contributed by atoms with Crippen LogP contribution in [0.15, 0.2) is 29.2 Å². The highest BCUT2D eigenvalue weighted by atomic mass is 32.2. The fourth-order valence-corrected chi connectivity index (χ4v) is 4.80. The molecule has 3 rings (SSSR count). The third-order valence-corrected chi connectivity index (χ3v) is 6.22. The number of halogens is 3. The highest BCUT2D eigenvalue weighted by Gasteiger charge is 2.40. The SMILES string of the molecule is CCOC(=O)/C=C1\CN(N2CCOCC2)S(=O)(=O)c2ccc(C(F)(F)F)cc21. The fourth-order valence-electron chi connectivity index (χ4n) is 3.09. The number of fused-ring (bicyclic) bond motifs is 1. The molecular weight excluding hydrogens is 401 g/mol. The molecule has 0 N–H and O–H groups in total. The lowest BCUT2D eigenvalue weighted by atomic mass is 10.0. The van der Waals surface area contributed by atoms with Crippen molar-refractivity contribution >= 4 is 21.6 Å². The Morgan fingerprint density at radius 2 is 1.96 bits per heavy atom. The first kappa shape index (κ1) is 20.8. The number of alkyl halides is 3. The Morgan fingerprint density at radius 1 is 1.29 bits per heavy atom. The fraction of sp³-hybridized carbons (Fsp3) is 0.471. The largest absolute Gasteiger partial charge is 0.463 e. The van der Waals surface area contributed by atoms with Crippen LogP contribution in [0.4, 0.5) is 13.2 Å². The summed E-state index contributed by atoms with van der Waals surface area (Å²) >= 11 is 0. The van der Waals surface area contributed by atoms with E-state index in [0.29, 0.717) is 26.3 Å². The van der Waals surface area contributed by atoms with Crippen LogP contribution in [0.2, 0.25) is 0 Å². The predicted octanol–water partition coefficient (Wildman–Crippen LogP) is 1.90. The van der Waals surface area contributed by atoms with Crippen LogP contribution in [0.25, 0.3) is 5.57 Å². The summed E-state index contributed by atoms with van der Waals surface area (Å²) < 4.78 is 76.6. The molecule has 154 valence electrons. The van der Waals surface area contributed by atoms with E-state index >= 15 is 0 Å². The Labute approximate surface area is 160 Å². The number of ether oxygens (including phenoxy) is 2. The zero-order valence-electron chi connectivity index (χ0n) is 15.0. The highest BCUT2D eigenvalue weighted by Crippen LogP contribution is 2.38. The van der Waals surface area contributed by atoms with E-state index in [1.165, 1.54) is 0 Å². The van der Waals surface area contributed by atoms with Crippen molar-refractivity contribution in [3.63, 3.8) is 0 Å². The number of benzene rings is 1. The Bertz CT molecular complexity index is 893. The van der Waals surface area contributed by atoms with Gasteiger partial charge in [-0.2, -0.15) is 13.2 Å². The molecule has 0 aromatic heterocycles. The minimum Gasteiger partial charge on any atom is -0.463 e. The van der Waals surface area contributed by atoms with Gasteiger partial charge in [-0.3, -0.25) is 0 Å². The topological polar surface area (TPSA) is 76.2 Å². The smallest absolute Gasteiger partial charge is 0.416 e. The Balaban J connectivity index is 2.13. The van der Waals surface area contributed by atoms with Gasteiger partial charge in [0.1, 0.15) is 0 Å². The number of hydrogen-bond donors (Lipinski definition) is 0. The summed E-state index contributed by atoms with van der Waals surface area (Å²) in [6.07, 6.45) is -3.60. The number of rotatable bonds is 3. The number of carbonyl (C=O) groups excluding carboxylic acids is 1. The van der Waals surface area contributed by atoms with Gasteiger partial charge in [0.05, 0.1) is 36.8 Å². The Kier molecular flexibility index (Phi) is 5.80. The van der Waals surface area contributed by atoms with Crippen LogP contribution in [0.1, 0.15) is 18.1 Å². The molecule has 7 nitrogen and oxygen atoms in total. The molecule has 0 unspecified atom stereocenters. The van der Waals surface area contributed by atoms with Gasteiger partial charge in [-0.1, -0.05) is 0 Å². The number of hydrazine groups is 1. The van der Waals surface area contributed by atoms with Crippen molar-refractivity contribution in [1.82, 2.24) is 9.42 Å². The first-order valence-corrected chi connectivity index (χ1v) is 10.0. The van der Waals surface area contributed by atoms with Gasteiger partial charge in [-0.05, 0) is 36.3 Å². The maximum absolute atomic E-state index is 13.1. The van der Waals surface area contributed by atoms with Crippen LogP contribution in [0.3, 0.4) is 0 Å². The number of morpholine rings is 1. The minimum atomic E-state index is -4.64. The molecule has 1 aromatic carbocycles. The minimum absolute atomic E-state index is 0.0868. The van der Waals surface area contributed by atoms with E-state index < -0.39 is 27.7 Å². The molecule has 0 radical (unpaired) electrons. The van der Waals surface area contributed by atoms with Gasteiger partial charge in [-0.25, -0.2) is 18.2 Å². The standard InChI is InChI=1S/C17H19F3N2O5S/c1-2-27-16(23)9-12-11-22(21-5-7-26-8-6-21)28(24,25)15-4-3-13(10-14(12)15)17(18,19)20/h3-4,9-10H,2,5-8,11H2,1H3/b12-9+. The second-order valence-electron chi connectivity index (χ2n) is 6.18. The van der Waals surface area contributed by atoms with Crippen molar-refractivity contribution < 1.29 is 35.9 Å². The van der Waals surface area contributed by atoms with Crippen LogP contribution in [0.5, 0.6) is 0 Å². The molecule has 0 aliphatic carbocycles. The van der Waals surface area contributed by atoms with Crippen LogP contribution in [-0.2, 0) is 30.5 Å². The molecule has 0 spiro atoms. The van der Waals surface area contributed by atoms with Gasteiger partial charge >= 0.3 is 12.1 Å². The molecule has 0 amide bonds. The predicted molar refractivity (Wildman–Crippen MR) is 92.3 cm³/mol. The zero-order chi connectivity index (χ0) is 20.5. The van der Waals surface area contributed by atoms with E-state index in [1.54, 1.807) is 11.9 Å². The average molecular weight is 420 g/mol. The zero-order valence-corrected chi connectivity index (χ0v) is 15.8. The quantitative estimate of drug-likeness (QED) is 0.549. The maximum atomic E-state index is 13.1. The van der Waals surface area contributed by atoms with E-state index in [9.17, 15) is 26.4 Å². The van der Waals surface area contributed by atoms with Gasteiger partial charge in [0.25, 0.3) is 10.0 Å². The molecule has 28 heavy (non-hydrogen) atoms. The van der Waals surface area contributed by atoms with Crippen LogP contribution in [0, 0.1) is 0 Å². The van der Waals surface area contributed by atoms with Gasteiger partial charge in [0, 0.05) is 19.2 Å². The molecule has 1 saturated heterocycles. The summed E-state index contributed by atoms with van der Waals surface area (Å²) in [4.78, 5) is 11.6. The van der Waals surface area contributed by atoms with Gasteiger partial charge < -0.3 is 9.47 Å². The molecule has 2 heterocycles. The van der Waals surface area contributed by atoms with Crippen LogP contribution in [-0.4, -0.2) is 63.3 Å². The highest BCUT2D eigenvalue weighted by molar-refractivity contribution is 7.89. The number of nitrogens with zero attached hydrogens (tertiary/aromatic N) is 2. The lowest BCUT2D eigenvalue weighted by Crippen LogP contribution is -2.53. The van der Waals surface area contributed by atoms with E-state index in [2.05, 4.69) is 0 Å². The molecule has 11 heteroatoms. The number of carbonyl (C=O) groups is 1. The molecule has 2 aliphatic heterocycles. The van der Waals surface area contributed by atoms with Crippen LogP contribution < -0.4 is 0 Å². The number of hydrogen-bond acceptors (Lipinski definition) is 6. The summed E-state index contributed by atoms with van der Waals surface area (Å²) in [5.41, 5.74) is -0.996. The maximum Gasteiger partial charge on any atom is 0.416 e. The first-order chi connectivity index (χ1) is 13.1. The molecule has 1 fully saturated rings. The summed E-state index contributed by atoms with van der Waals surface area (Å²) in [6, 6.07) is 2.41. The van der Waals surface area contributed by atoms with Crippen molar-refractivity contribution in [3.05, 3.63) is 35.4 Å². The Morgan fingerprint density at radius 3 is 2.57 bits per heavy atom. The second-order valence-corrected chi connectivity index (χ2v) is 7.99. The molecule has 2 aliphatic rings.